The number of nitrogens with one attached hydrogen (secondary N) is 5. The van der Waals surface area contributed by atoms with Gasteiger partial charge in [-0.1, -0.05) is 24.3 Å². The summed E-state index contributed by atoms with van der Waals surface area (Å²) in [5.41, 5.74) is 3.96. The highest BCUT2D eigenvalue weighted by Crippen LogP contribution is 2.40. The number of methoxy groups -OCH3 is 2. The molecular formula is C40H49N9O7. The standard InChI is InChI=1S/C40H49N9O7/c1-49-18-16-31(17-19-49)42-38(51)29-21-33(55-2)35(34(22-29)56-3)26-8-4-24(5-9-26)20-32(44-37(50)28-10-6-25(7-11-28)23-41-40(53)54)39(52)43-30-14-12-27(13-15-30)36-45-47-48-46-36/h4-5,8-9,12-15,21-22,25,28,31-32,41H,6-7,10-11,16-20,23H2,1-3H3,(H,42,51)(H,43,52)(H,44,50)(H,53,54)(H,45,46,47,48)/t25-,28-,32-/m0/s1. The van der Waals surface area contributed by atoms with Crippen LogP contribution in [0.1, 0.15) is 54.4 Å². The van der Waals surface area contributed by atoms with Crippen LogP contribution in [0.2, 0.25) is 0 Å². The minimum absolute atomic E-state index is 0.102. The summed E-state index contributed by atoms with van der Waals surface area (Å²) in [4.78, 5) is 53.9. The van der Waals surface area contributed by atoms with Gasteiger partial charge in [0.2, 0.25) is 17.6 Å². The first-order chi connectivity index (χ1) is 27.1. The summed E-state index contributed by atoms with van der Waals surface area (Å²) in [6, 6.07) is 17.2. The molecule has 6 rings (SSSR count). The van der Waals surface area contributed by atoms with Gasteiger partial charge in [0.05, 0.1) is 19.8 Å². The molecule has 0 spiro atoms. The van der Waals surface area contributed by atoms with Gasteiger partial charge in [0.25, 0.3) is 5.91 Å². The van der Waals surface area contributed by atoms with Crippen LogP contribution in [-0.2, 0) is 16.0 Å². The first-order valence-corrected chi connectivity index (χ1v) is 18.9. The Morgan fingerprint density at radius 2 is 1.54 bits per heavy atom. The fraction of sp³-hybridized carbons (Fsp3) is 0.425. The molecule has 1 saturated heterocycles. The predicted molar refractivity (Wildman–Crippen MR) is 208 cm³/mol. The number of amides is 4. The molecule has 16 nitrogen and oxygen atoms in total. The molecule has 1 aliphatic carbocycles. The van der Waals surface area contributed by atoms with Crippen LogP contribution < -0.4 is 30.7 Å². The van der Waals surface area contributed by atoms with Crippen molar-refractivity contribution < 1.29 is 33.8 Å². The number of nitrogens with zero attached hydrogens (tertiary/aromatic N) is 4. The summed E-state index contributed by atoms with van der Waals surface area (Å²) in [5.74, 6) is 0.471. The van der Waals surface area contributed by atoms with Crippen molar-refractivity contribution >= 4 is 29.5 Å². The van der Waals surface area contributed by atoms with Crippen molar-refractivity contribution in [3.8, 4) is 34.0 Å². The predicted octanol–water partition coefficient (Wildman–Crippen LogP) is 4.11. The molecule has 2 fully saturated rings. The number of piperidine rings is 1. The fourth-order valence-electron chi connectivity index (χ4n) is 7.37. The van der Waals surface area contributed by atoms with E-state index in [4.69, 9.17) is 14.6 Å². The molecule has 6 N–H and O–H groups in total. The third kappa shape index (κ3) is 10.2. The Morgan fingerprint density at radius 3 is 2.12 bits per heavy atom. The van der Waals surface area contributed by atoms with E-state index in [1.807, 2.05) is 24.3 Å². The van der Waals surface area contributed by atoms with Crippen molar-refractivity contribution in [2.45, 2.75) is 57.0 Å². The number of H-pyrrole nitrogens is 1. The maximum atomic E-state index is 13.8. The molecule has 0 radical (unpaired) electrons. The van der Waals surface area contributed by atoms with E-state index in [0.29, 0.717) is 66.4 Å². The topological polar surface area (TPSA) is 213 Å². The SMILES string of the molecule is COc1cc(C(=O)NC2CCN(C)CC2)cc(OC)c1-c1ccc(C[C@H](NC(=O)[C@H]2CC[C@H](CNC(=O)O)CC2)C(=O)Nc2ccc(-c3nn[nH]n3)cc2)cc1. The van der Waals surface area contributed by atoms with E-state index in [-0.39, 0.29) is 42.0 Å². The van der Waals surface area contributed by atoms with Crippen molar-refractivity contribution in [3.05, 3.63) is 71.8 Å². The number of carbonyl (C=O) groups is 4. The third-order valence-electron chi connectivity index (χ3n) is 10.7. The summed E-state index contributed by atoms with van der Waals surface area (Å²) in [7, 11) is 5.18. The van der Waals surface area contributed by atoms with Gasteiger partial charge in [-0.2, -0.15) is 5.21 Å². The van der Waals surface area contributed by atoms with E-state index in [1.54, 1.807) is 50.6 Å². The number of likely N-dealkylation sites (tertiary alicyclic amines) is 1. The second-order valence-electron chi connectivity index (χ2n) is 14.5. The molecule has 296 valence electrons. The first kappa shape index (κ1) is 39.7. The summed E-state index contributed by atoms with van der Waals surface area (Å²) in [6.07, 6.45) is 3.54. The highest BCUT2D eigenvalue weighted by atomic mass is 16.5. The minimum Gasteiger partial charge on any atom is -0.496 e. The van der Waals surface area contributed by atoms with Crippen molar-refractivity contribution in [3.63, 3.8) is 0 Å². The van der Waals surface area contributed by atoms with Crippen LogP contribution in [0.15, 0.2) is 60.7 Å². The maximum Gasteiger partial charge on any atom is 0.404 e. The average Bonchev–Trinajstić information content (AvgIpc) is 3.76. The van der Waals surface area contributed by atoms with Gasteiger partial charge in [-0.05, 0) is 117 Å². The van der Waals surface area contributed by atoms with Gasteiger partial charge in [0, 0.05) is 41.7 Å². The maximum absolute atomic E-state index is 13.8. The second-order valence-corrected chi connectivity index (χ2v) is 14.5. The molecule has 0 unspecified atom stereocenters. The van der Waals surface area contributed by atoms with Crippen molar-refractivity contribution in [2.24, 2.45) is 11.8 Å². The number of aromatic nitrogens is 4. The Morgan fingerprint density at radius 1 is 0.893 bits per heavy atom. The lowest BCUT2D eigenvalue weighted by molar-refractivity contribution is -0.130. The van der Waals surface area contributed by atoms with Gasteiger partial charge in [0.1, 0.15) is 17.5 Å². The van der Waals surface area contributed by atoms with Crippen LogP contribution in [0.4, 0.5) is 10.5 Å². The zero-order valence-electron chi connectivity index (χ0n) is 31.8. The Bertz CT molecular complexity index is 1930. The molecule has 0 bridgehead atoms. The van der Waals surface area contributed by atoms with Gasteiger partial charge >= 0.3 is 6.09 Å². The lowest BCUT2D eigenvalue weighted by Gasteiger charge is -2.29. The van der Waals surface area contributed by atoms with Crippen LogP contribution in [0.3, 0.4) is 0 Å². The molecule has 3 aromatic carbocycles. The number of benzene rings is 3. The van der Waals surface area contributed by atoms with Crippen molar-refractivity contribution in [1.82, 2.24) is 41.5 Å². The Balaban J connectivity index is 1.17. The molecule has 1 aromatic heterocycles. The molecule has 56 heavy (non-hydrogen) atoms. The molecule has 2 aliphatic rings. The molecular weight excluding hydrogens is 718 g/mol. The monoisotopic (exact) mass is 767 g/mol. The van der Waals surface area contributed by atoms with Crippen LogP contribution in [-0.4, -0.2) is 107 Å². The summed E-state index contributed by atoms with van der Waals surface area (Å²) < 4.78 is 11.5. The Labute approximate surface area is 325 Å². The first-order valence-electron chi connectivity index (χ1n) is 18.9. The molecule has 4 amide bonds. The lowest BCUT2D eigenvalue weighted by atomic mass is 9.81. The van der Waals surface area contributed by atoms with Crippen LogP contribution in [0, 0.1) is 11.8 Å². The Kier molecular flexibility index (Phi) is 13.1. The number of hydrogen-bond donors (Lipinski definition) is 6. The average molecular weight is 768 g/mol. The second kappa shape index (κ2) is 18.5. The molecule has 16 heteroatoms. The number of tetrazole rings is 1. The number of carbonyl (C=O) groups excluding carboxylic acids is 3. The zero-order valence-corrected chi connectivity index (χ0v) is 31.8. The van der Waals surface area contributed by atoms with Gasteiger partial charge in [-0.15, -0.1) is 10.2 Å². The number of ether oxygens (including phenoxy) is 2. The number of rotatable bonds is 14. The molecule has 1 aliphatic heterocycles. The van der Waals surface area contributed by atoms with E-state index in [0.717, 1.165) is 42.6 Å². The fourth-order valence-corrected chi connectivity index (χ4v) is 7.37. The highest BCUT2D eigenvalue weighted by Gasteiger charge is 2.30. The minimum atomic E-state index is -1.06. The third-order valence-corrected chi connectivity index (χ3v) is 10.7. The van der Waals surface area contributed by atoms with Gasteiger partial charge < -0.3 is 40.7 Å². The summed E-state index contributed by atoms with van der Waals surface area (Å²) >= 11 is 0. The molecule has 2 heterocycles. The number of hydrogen-bond acceptors (Lipinski definition) is 10. The van der Waals surface area contributed by atoms with E-state index in [2.05, 4.69) is 53.8 Å². The van der Waals surface area contributed by atoms with Crippen molar-refractivity contribution in [1.29, 1.82) is 0 Å². The summed E-state index contributed by atoms with van der Waals surface area (Å²) in [6.45, 7) is 2.21. The normalized spacial score (nSPS) is 18.0. The van der Waals surface area contributed by atoms with E-state index in [9.17, 15) is 19.2 Å². The molecule has 1 atom stereocenters. The van der Waals surface area contributed by atoms with Crippen LogP contribution in [0.5, 0.6) is 11.5 Å². The number of carboxylic acid groups (broad SMARTS) is 1. The smallest absolute Gasteiger partial charge is 0.404 e. The van der Waals surface area contributed by atoms with Crippen LogP contribution >= 0.6 is 0 Å². The van der Waals surface area contributed by atoms with E-state index < -0.39 is 12.1 Å². The summed E-state index contributed by atoms with van der Waals surface area (Å²) in [5, 5.41) is 34.5. The Hall–Kier alpha value is -6.03. The van der Waals surface area contributed by atoms with Gasteiger partial charge in [0.15, 0.2) is 0 Å². The zero-order chi connectivity index (χ0) is 39.6. The lowest BCUT2D eigenvalue weighted by Crippen LogP contribution is -2.48. The van der Waals surface area contributed by atoms with Crippen LogP contribution in [0.25, 0.3) is 22.5 Å². The van der Waals surface area contributed by atoms with E-state index >= 15 is 0 Å². The number of aromatic amines is 1. The van der Waals surface area contributed by atoms with Gasteiger partial charge in [-0.25, -0.2) is 4.79 Å². The largest absolute Gasteiger partial charge is 0.496 e. The number of anilines is 1. The van der Waals surface area contributed by atoms with E-state index in [1.165, 1.54) is 0 Å². The quantitative estimate of drug-likeness (QED) is 0.107. The molecule has 4 aromatic rings. The van der Waals surface area contributed by atoms with Crippen molar-refractivity contribution in [2.75, 3.05) is 46.2 Å². The molecule has 1 saturated carbocycles. The highest BCUT2D eigenvalue weighted by molar-refractivity contribution is 5.98. The van der Waals surface area contributed by atoms with Gasteiger partial charge in [-0.3, -0.25) is 14.4 Å².